The van der Waals surface area contributed by atoms with E-state index in [1.165, 1.54) is 5.56 Å². The normalized spacial score (nSPS) is 15.4. The Labute approximate surface area is 118 Å². The Morgan fingerprint density at radius 1 is 1.20 bits per heavy atom. The number of amides is 2. The second-order valence-electron chi connectivity index (χ2n) is 5.21. The third-order valence-corrected chi connectivity index (χ3v) is 3.58. The van der Waals surface area contributed by atoms with Crippen LogP contribution >= 0.6 is 0 Å². The lowest BCUT2D eigenvalue weighted by molar-refractivity contribution is 0.247. The molecule has 20 heavy (non-hydrogen) atoms. The summed E-state index contributed by atoms with van der Waals surface area (Å²) in [6.45, 7) is 1.90. The maximum absolute atomic E-state index is 12.1. The summed E-state index contributed by atoms with van der Waals surface area (Å²) in [5.74, 6) is 0. The van der Waals surface area contributed by atoms with Gasteiger partial charge in [0.15, 0.2) is 0 Å². The maximum atomic E-state index is 12.1. The molecule has 1 heterocycles. The predicted molar refractivity (Wildman–Crippen MR) is 78.5 cm³/mol. The molecule has 0 atom stereocenters. The highest BCUT2D eigenvalue weighted by atomic mass is 16.2. The number of rotatable bonds is 3. The number of hydrogen-bond donors (Lipinski definition) is 2. The molecule has 0 spiro atoms. The number of benzene rings is 1. The maximum Gasteiger partial charge on any atom is 0.319 e. The fourth-order valence-corrected chi connectivity index (χ4v) is 2.37. The Kier molecular flexibility index (Phi) is 3.14. The van der Waals surface area contributed by atoms with Crippen LogP contribution in [0.25, 0.3) is 0 Å². The lowest BCUT2D eigenvalue weighted by Gasteiger charge is -2.18. The second-order valence-corrected chi connectivity index (χ2v) is 5.21. The summed E-state index contributed by atoms with van der Waals surface area (Å²) in [5.41, 5.74) is 2.62. The Morgan fingerprint density at radius 2 is 1.95 bits per heavy atom. The van der Waals surface area contributed by atoms with E-state index in [-0.39, 0.29) is 11.6 Å². The zero-order chi connectivity index (χ0) is 14.0. The van der Waals surface area contributed by atoms with Crippen molar-refractivity contribution in [1.82, 2.24) is 10.3 Å². The number of aromatic nitrogens is 1. The van der Waals surface area contributed by atoms with Crippen LogP contribution in [0.3, 0.4) is 0 Å². The van der Waals surface area contributed by atoms with E-state index in [1.807, 2.05) is 31.2 Å². The first-order valence-corrected chi connectivity index (χ1v) is 6.75. The van der Waals surface area contributed by atoms with Crippen LogP contribution in [-0.2, 0) is 5.54 Å². The lowest BCUT2D eigenvalue weighted by Crippen LogP contribution is -2.38. The van der Waals surface area contributed by atoms with Crippen molar-refractivity contribution in [3.63, 3.8) is 0 Å². The van der Waals surface area contributed by atoms with Crippen LogP contribution in [0.1, 0.15) is 24.1 Å². The van der Waals surface area contributed by atoms with Gasteiger partial charge in [-0.25, -0.2) is 4.79 Å². The molecule has 1 aromatic carbocycles. The van der Waals surface area contributed by atoms with Gasteiger partial charge in [-0.15, -0.1) is 0 Å². The third-order valence-electron chi connectivity index (χ3n) is 3.58. The number of hydrogen-bond acceptors (Lipinski definition) is 2. The minimum atomic E-state index is -0.187. The zero-order valence-electron chi connectivity index (χ0n) is 11.4. The smallest absolute Gasteiger partial charge is 0.319 e. The van der Waals surface area contributed by atoms with Gasteiger partial charge in [-0.1, -0.05) is 30.3 Å². The van der Waals surface area contributed by atoms with E-state index in [4.69, 9.17) is 0 Å². The van der Waals surface area contributed by atoms with E-state index in [0.29, 0.717) is 0 Å². The second kappa shape index (κ2) is 4.96. The van der Waals surface area contributed by atoms with Crippen molar-refractivity contribution in [2.24, 2.45) is 0 Å². The van der Waals surface area contributed by atoms with E-state index in [1.54, 1.807) is 12.3 Å². The van der Waals surface area contributed by atoms with Crippen LogP contribution in [-0.4, -0.2) is 11.0 Å². The first-order valence-electron chi connectivity index (χ1n) is 6.75. The minimum Gasteiger partial charge on any atom is -0.328 e. The number of carbonyl (C=O) groups is 1. The standard InChI is InChI=1S/C16H17N3O/c1-12-11-14(7-10-17-12)18-15(20)19-16(8-9-16)13-5-3-2-4-6-13/h2-7,10-11H,8-9H2,1H3,(H2,17,18,19,20). The number of pyridine rings is 1. The Hall–Kier alpha value is -2.36. The Bertz CT molecular complexity index is 621. The highest BCUT2D eigenvalue weighted by Gasteiger charge is 2.45. The number of nitrogens with zero attached hydrogens (tertiary/aromatic N) is 1. The molecule has 1 aromatic heterocycles. The first kappa shape index (κ1) is 12.7. The van der Waals surface area contributed by atoms with Gasteiger partial charge in [0.25, 0.3) is 0 Å². The zero-order valence-corrected chi connectivity index (χ0v) is 11.4. The molecule has 0 saturated heterocycles. The summed E-state index contributed by atoms with van der Waals surface area (Å²) < 4.78 is 0. The van der Waals surface area contributed by atoms with Gasteiger partial charge in [-0.2, -0.15) is 0 Å². The molecule has 1 aliphatic carbocycles. The van der Waals surface area contributed by atoms with Crippen LogP contribution in [0.4, 0.5) is 10.5 Å². The van der Waals surface area contributed by atoms with E-state index >= 15 is 0 Å². The lowest BCUT2D eigenvalue weighted by atomic mass is 10.1. The molecular formula is C16H17N3O. The van der Waals surface area contributed by atoms with Gasteiger partial charge >= 0.3 is 6.03 Å². The first-order chi connectivity index (χ1) is 9.68. The van der Waals surface area contributed by atoms with Crippen LogP contribution in [0, 0.1) is 6.92 Å². The molecule has 0 unspecified atom stereocenters. The molecule has 0 radical (unpaired) electrons. The highest BCUT2D eigenvalue weighted by molar-refractivity contribution is 5.90. The van der Waals surface area contributed by atoms with Gasteiger partial charge in [0, 0.05) is 17.6 Å². The van der Waals surface area contributed by atoms with Gasteiger partial charge in [0.2, 0.25) is 0 Å². The fourth-order valence-electron chi connectivity index (χ4n) is 2.37. The molecule has 1 aliphatic rings. The van der Waals surface area contributed by atoms with Crippen molar-refractivity contribution in [3.8, 4) is 0 Å². The summed E-state index contributed by atoms with van der Waals surface area (Å²) in [5, 5.41) is 5.94. The van der Waals surface area contributed by atoms with Gasteiger partial charge in [0.1, 0.15) is 0 Å². The average Bonchev–Trinajstić information content (AvgIpc) is 3.20. The molecule has 0 bridgehead atoms. The van der Waals surface area contributed by atoms with Crippen molar-refractivity contribution in [2.45, 2.75) is 25.3 Å². The number of aryl methyl sites for hydroxylation is 1. The summed E-state index contributed by atoms with van der Waals surface area (Å²) >= 11 is 0. The van der Waals surface area contributed by atoms with Crippen LogP contribution in [0.2, 0.25) is 0 Å². The SMILES string of the molecule is Cc1cc(NC(=O)NC2(c3ccccc3)CC2)ccn1. The summed E-state index contributed by atoms with van der Waals surface area (Å²) in [6.07, 6.45) is 3.66. The van der Waals surface area contributed by atoms with Gasteiger partial charge in [0.05, 0.1) is 5.54 Å². The average molecular weight is 267 g/mol. The van der Waals surface area contributed by atoms with Gasteiger partial charge in [-0.3, -0.25) is 4.98 Å². The number of urea groups is 1. The Morgan fingerprint density at radius 3 is 2.60 bits per heavy atom. The van der Waals surface area contributed by atoms with Gasteiger partial charge in [-0.05, 0) is 37.5 Å². The molecule has 3 rings (SSSR count). The highest BCUT2D eigenvalue weighted by Crippen LogP contribution is 2.45. The third kappa shape index (κ3) is 2.64. The van der Waals surface area contributed by atoms with Gasteiger partial charge < -0.3 is 10.6 Å². The molecule has 102 valence electrons. The van der Waals surface area contributed by atoms with Crippen LogP contribution in [0.15, 0.2) is 48.7 Å². The van der Waals surface area contributed by atoms with Crippen molar-refractivity contribution in [1.29, 1.82) is 0 Å². The van der Waals surface area contributed by atoms with Crippen molar-refractivity contribution in [2.75, 3.05) is 5.32 Å². The molecule has 2 N–H and O–H groups in total. The monoisotopic (exact) mass is 267 g/mol. The molecule has 4 nitrogen and oxygen atoms in total. The van der Waals surface area contributed by atoms with E-state index in [2.05, 4.69) is 27.8 Å². The van der Waals surface area contributed by atoms with Crippen LogP contribution in [0.5, 0.6) is 0 Å². The molecule has 2 amide bonds. The quantitative estimate of drug-likeness (QED) is 0.897. The molecule has 1 saturated carbocycles. The van der Waals surface area contributed by atoms with Crippen LogP contribution < -0.4 is 10.6 Å². The molecule has 2 aromatic rings. The van der Waals surface area contributed by atoms with Crippen molar-refractivity contribution in [3.05, 3.63) is 59.9 Å². The number of anilines is 1. The van der Waals surface area contributed by atoms with Crippen molar-refractivity contribution < 1.29 is 4.79 Å². The molecule has 0 aliphatic heterocycles. The fraction of sp³-hybridized carbons (Fsp3) is 0.250. The molecular weight excluding hydrogens is 250 g/mol. The number of carbonyl (C=O) groups excluding carboxylic acids is 1. The van der Waals surface area contributed by atoms with E-state index in [0.717, 1.165) is 24.2 Å². The Balaban J connectivity index is 1.68. The van der Waals surface area contributed by atoms with E-state index in [9.17, 15) is 4.79 Å². The largest absolute Gasteiger partial charge is 0.328 e. The number of nitrogens with one attached hydrogen (secondary N) is 2. The summed E-state index contributed by atoms with van der Waals surface area (Å²) in [7, 11) is 0. The minimum absolute atomic E-state index is 0.169. The molecule has 4 heteroatoms. The van der Waals surface area contributed by atoms with Crippen molar-refractivity contribution >= 4 is 11.7 Å². The summed E-state index contributed by atoms with van der Waals surface area (Å²) in [6, 6.07) is 13.6. The molecule has 1 fully saturated rings. The van der Waals surface area contributed by atoms with E-state index < -0.39 is 0 Å². The topological polar surface area (TPSA) is 54.0 Å². The summed E-state index contributed by atoms with van der Waals surface area (Å²) in [4.78, 5) is 16.2. The predicted octanol–water partition coefficient (Wildman–Crippen LogP) is 3.20.